The first kappa shape index (κ1) is 12.2. The molecule has 98 valence electrons. The zero-order valence-electron chi connectivity index (χ0n) is 10.8. The molecule has 3 heteroatoms. The fraction of sp³-hybridized carbons (Fsp3) is 0.250. The second kappa shape index (κ2) is 4.67. The van der Waals surface area contributed by atoms with E-state index in [1.54, 1.807) is 6.07 Å². The van der Waals surface area contributed by atoms with Crippen molar-refractivity contribution >= 4 is 0 Å². The fourth-order valence-corrected chi connectivity index (χ4v) is 2.51. The summed E-state index contributed by atoms with van der Waals surface area (Å²) in [4.78, 5) is 0. The van der Waals surface area contributed by atoms with Crippen LogP contribution in [0.5, 0.6) is 5.75 Å². The van der Waals surface area contributed by atoms with Crippen LogP contribution in [0.15, 0.2) is 36.4 Å². The molecule has 0 aliphatic carbocycles. The fourth-order valence-electron chi connectivity index (χ4n) is 2.51. The van der Waals surface area contributed by atoms with E-state index in [0.717, 1.165) is 28.9 Å². The van der Waals surface area contributed by atoms with Crippen molar-refractivity contribution < 1.29 is 9.13 Å². The van der Waals surface area contributed by atoms with Gasteiger partial charge < -0.3 is 10.5 Å². The lowest BCUT2D eigenvalue weighted by Gasteiger charge is -2.08. The topological polar surface area (TPSA) is 35.2 Å². The first-order valence-electron chi connectivity index (χ1n) is 6.46. The van der Waals surface area contributed by atoms with Crippen LogP contribution in [-0.2, 0) is 13.0 Å². The van der Waals surface area contributed by atoms with Crippen molar-refractivity contribution in [2.75, 3.05) is 0 Å². The summed E-state index contributed by atoms with van der Waals surface area (Å²) in [6, 6.07) is 10.8. The largest absolute Gasteiger partial charge is 0.490 e. The standard InChI is InChI=1S/C16H16FNO/c1-10-6-13-8-12(3-5-16(13)19-10)14-7-11(9-18)2-4-15(14)17/h2-5,7-8,10H,6,9,18H2,1H3. The average molecular weight is 257 g/mol. The minimum atomic E-state index is -0.218. The van der Waals surface area contributed by atoms with Crippen LogP contribution in [0.2, 0.25) is 0 Å². The van der Waals surface area contributed by atoms with Crippen molar-refractivity contribution in [3.05, 3.63) is 53.3 Å². The monoisotopic (exact) mass is 257 g/mol. The Morgan fingerprint density at radius 3 is 2.89 bits per heavy atom. The van der Waals surface area contributed by atoms with E-state index in [9.17, 15) is 4.39 Å². The highest BCUT2D eigenvalue weighted by atomic mass is 19.1. The van der Waals surface area contributed by atoms with Gasteiger partial charge in [0.15, 0.2) is 0 Å². The van der Waals surface area contributed by atoms with Crippen molar-refractivity contribution in [1.29, 1.82) is 0 Å². The molecule has 2 aromatic rings. The van der Waals surface area contributed by atoms with Gasteiger partial charge in [-0.25, -0.2) is 4.39 Å². The summed E-state index contributed by atoms with van der Waals surface area (Å²) >= 11 is 0. The summed E-state index contributed by atoms with van der Waals surface area (Å²) in [5.41, 5.74) is 9.17. The maximum atomic E-state index is 13.9. The van der Waals surface area contributed by atoms with Crippen molar-refractivity contribution in [3.8, 4) is 16.9 Å². The predicted octanol–water partition coefficient (Wildman–Crippen LogP) is 3.27. The van der Waals surface area contributed by atoms with E-state index in [-0.39, 0.29) is 11.9 Å². The molecule has 0 aromatic heterocycles. The van der Waals surface area contributed by atoms with Gasteiger partial charge in [0, 0.05) is 18.5 Å². The smallest absolute Gasteiger partial charge is 0.131 e. The number of ether oxygens (including phenoxy) is 1. The number of nitrogens with two attached hydrogens (primary N) is 1. The second-order valence-electron chi connectivity index (χ2n) is 4.97. The van der Waals surface area contributed by atoms with E-state index in [1.807, 2.05) is 31.2 Å². The van der Waals surface area contributed by atoms with Crippen LogP contribution in [0, 0.1) is 5.82 Å². The van der Waals surface area contributed by atoms with Gasteiger partial charge in [-0.05, 0) is 47.9 Å². The van der Waals surface area contributed by atoms with Crippen LogP contribution < -0.4 is 10.5 Å². The molecule has 0 spiro atoms. The zero-order valence-corrected chi connectivity index (χ0v) is 10.8. The van der Waals surface area contributed by atoms with E-state index >= 15 is 0 Å². The number of hydrogen-bond acceptors (Lipinski definition) is 2. The van der Waals surface area contributed by atoms with Crippen molar-refractivity contribution in [2.45, 2.75) is 26.0 Å². The van der Waals surface area contributed by atoms with Gasteiger partial charge in [0.05, 0.1) is 0 Å². The molecule has 19 heavy (non-hydrogen) atoms. The predicted molar refractivity (Wildman–Crippen MR) is 73.5 cm³/mol. The van der Waals surface area contributed by atoms with E-state index < -0.39 is 0 Å². The Kier molecular flexibility index (Phi) is 2.99. The van der Waals surface area contributed by atoms with Crippen LogP contribution in [0.25, 0.3) is 11.1 Å². The van der Waals surface area contributed by atoms with E-state index in [0.29, 0.717) is 12.1 Å². The van der Waals surface area contributed by atoms with E-state index in [1.165, 1.54) is 6.07 Å². The van der Waals surface area contributed by atoms with Crippen LogP contribution in [0.3, 0.4) is 0 Å². The van der Waals surface area contributed by atoms with Gasteiger partial charge in [-0.2, -0.15) is 0 Å². The van der Waals surface area contributed by atoms with Gasteiger partial charge in [-0.1, -0.05) is 12.1 Å². The number of hydrogen-bond donors (Lipinski definition) is 1. The Hall–Kier alpha value is -1.87. The van der Waals surface area contributed by atoms with Gasteiger partial charge in [0.2, 0.25) is 0 Å². The van der Waals surface area contributed by atoms with Crippen LogP contribution in [0.4, 0.5) is 4.39 Å². The molecule has 0 saturated heterocycles. The van der Waals surface area contributed by atoms with Crippen LogP contribution >= 0.6 is 0 Å². The zero-order chi connectivity index (χ0) is 13.4. The summed E-state index contributed by atoms with van der Waals surface area (Å²) < 4.78 is 19.6. The van der Waals surface area contributed by atoms with Gasteiger partial charge >= 0.3 is 0 Å². The summed E-state index contributed by atoms with van der Waals surface area (Å²) in [5.74, 6) is 0.691. The highest BCUT2D eigenvalue weighted by molar-refractivity contribution is 5.67. The minimum absolute atomic E-state index is 0.200. The summed E-state index contributed by atoms with van der Waals surface area (Å²) in [6.45, 7) is 2.45. The van der Waals surface area contributed by atoms with Gasteiger partial charge in [-0.3, -0.25) is 0 Å². The molecule has 0 saturated carbocycles. The third-order valence-electron chi connectivity index (χ3n) is 3.47. The number of rotatable bonds is 2. The summed E-state index contributed by atoms with van der Waals surface area (Å²) in [5, 5.41) is 0. The molecule has 1 aliphatic rings. The molecule has 2 N–H and O–H groups in total. The minimum Gasteiger partial charge on any atom is -0.490 e. The number of fused-ring (bicyclic) bond motifs is 1. The van der Waals surface area contributed by atoms with Crippen LogP contribution in [0.1, 0.15) is 18.1 Å². The summed E-state index contributed by atoms with van der Waals surface area (Å²) in [7, 11) is 0. The second-order valence-corrected chi connectivity index (χ2v) is 4.97. The van der Waals surface area contributed by atoms with Crippen molar-refractivity contribution in [1.82, 2.24) is 0 Å². The third-order valence-corrected chi connectivity index (χ3v) is 3.47. The van der Waals surface area contributed by atoms with Gasteiger partial charge in [0.1, 0.15) is 17.7 Å². The normalized spacial score (nSPS) is 17.1. The van der Waals surface area contributed by atoms with Crippen LogP contribution in [-0.4, -0.2) is 6.10 Å². The molecular formula is C16H16FNO. The lowest BCUT2D eigenvalue weighted by atomic mass is 9.99. The molecule has 1 heterocycles. The molecule has 0 amide bonds. The van der Waals surface area contributed by atoms with Gasteiger partial charge in [0.25, 0.3) is 0 Å². The first-order valence-corrected chi connectivity index (χ1v) is 6.46. The lowest BCUT2D eigenvalue weighted by molar-refractivity contribution is 0.254. The molecule has 3 rings (SSSR count). The number of halogens is 1. The Bertz CT molecular complexity index is 624. The Morgan fingerprint density at radius 2 is 2.11 bits per heavy atom. The first-order chi connectivity index (χ1) is 9.17. The third kappa shape index (κ3) is 2.22. The van der Waals surface area contributed by atoms with Gasteiger partial charge in [-0.15, -0.1) is 0 Å². The Labute approximate surface area is 112 Å². The lowest BCUT2D eigenvalue weighted by Crippen LogP contribution is -2.05. The highest BCUT2D eigenvalue weighted by Gasteiger charge is 2.19. The Balaban J connectivity index is 2.06. The SMILES string of the molecule is CC1Cc2cc(-c3cc(CN)ccc3F)ccc2O1. The average Bonchev–Trinajstić information content (AvgIpc) is 2.78. The van der Waals surface area contributed by atoms with Crippen molar-refractivity contribution in [2.24, 2.45) is 5.73 Å². The molecule has 2 aromatic carbocycles. The molecule has 0 fully saturated rings. The molecule has 0 bridgehead atoms. The molecule has 0 radical (unpaired) electrons. The summed E-state index contributed by atoms with van der Waals surface area (Å²) in [6.07, 6.45) is 1.08. The highest BCUT2D eigenvalue weighted by Crippen LogP contribution is 2.33. The maximum absolute atomic E-state index is 13.9. The molecule has 1 aliphatic heterocycles. The quantitative estimate of drug-likeness (QED) is 0.896. The number of benzene rings is 2. The molecule has 1 unspecified atom stereocenters. The molecule has 2 nitrogen and oxygen atoms in total. The van der Waals surface area contributed by atoms with E-state index in [4.69, 9.17) is 10.5 Å². The van der Waals surface area contributed by atoms with E-state index in [2.05, 4.69) is 0 Å². The van der Waals surface area contributed by atoms with Crippen molar-refractivity contribution in [3.63, 3.8) is 0 Å². The molecular weight excluding hydrogens is 241 g/mol. The Morgan fingerprint density at radius 1 is 1.26 bits per heavy atom. The molecule has 1 atom stereocenters. The maximum Gasteiger partial charge on any atom is 0.131 e.